The van der Waals surface area contributed by atoms with Gasteiger partial charge in [0, 0.05) is 16.8 Å². The van der Waals surface area contributed by atoms with Gasteiger partial charge >= 0.3 is 0 Å². The monoisotopic (exact) mass is 361 g/mol. The lowest BCUT2D eigenvalue weighted by molar-refractivity contribution is 0.100. The first-order chi connectivity index (χ1) is 12.5. The van der Waals surface area contributed by atoms with E-state index in [4.69, 9.17) is 22.2 Å². The molecule has 0 aliphatic carbocycles. The van der Waals surface area contributed by atoms with Crippen LogP contribution in [0.4, 0.5) is 11.4 Å². The number of thiophene rings is 1. The van der Waals surface area contributed by atoms with E-state index in [1.807, 2.05) is 48.5 Å². The SMILES string of the molecule is NC(=O)c1sc2nc(-c3ccccc3)nc(-c3cccc(N)c3)c2c1N. The fourth-order valence-corrected chi connectivity index (χ4v) is 3.76. The number of rotatable bonds is 3. The Kier molecular flexibility index (Phi) is 3.78. The number of anilines is 2. The topological polar surface area (TPSA) is 121 Å². The number of fused-ring (bicyclic) bond motifs is 1. The van der Waals surface area contributed by atoms with Crippen molar-refractivity contribution in [2.45, 2.75) is 0 Å². The van der Waals surface area contributed by atoms with E-state index in [0.717, 1.165) is 11.1 Å². The van der Waals surface area contributed by atoms with E-state index in [1.54, 1.807) is 6.07 Å². The quantitative estimate of drug-likeness (QED) is 0.483. The average molecular weight is 361 g/mol. The largest absolute Gasteiger partial charge is 0.399 e. The van der Waals surface area contributed by atoms with Crippen molar-refractivity contribution in [3.63, 3.8) is 0 Å². The minimum atomic E-state index is -0.578. The van der Waals surface area contributed by atoms with Gasteiger partial charge in [-0.2, -0.15) is 0 Å². The number of aromatic nitrogens is 2. The number of nitrogens with two attached hydrogens (primary N) is 3. The van der Waals surface area contributed by atoms with Gasteiger partial charge in [-0.05, 0) is 12.1 Å². The van der Waals surface area contributed by atoms with Gasteiger partial charge in [0.2, 0.25) is 0 Å². The molecule has 0 unspecified atom stereocenters. The van der Waals surface area contributed by atoms with E-state index in [-0.39, 0.29) is 4.88 Å². The molecule has 7 heteroatoms. The highest BCUT2D eigenvalue weighted by molar-refractivity contribution is 7.21. The van der Waals surface area contributed by atoms with E-state index in [0.29, 0.717) is 33.1 Å². The summed E-state index contributed by atoms with van der Waals surface area (Å²) in [5.74, 6) is -0.0296. The second-order valence-corrected chi connectivity index (χ2v) is 6.78. The van der Waals surface area contributed by atoms with Gasteiger partial charge in [0.15, 0.2) is 5.82 Å². The Bertz CT molecular complexity index is 1140. The Morgan fingerprint density at radius 3 is 2.35 bits per heavy atom. The molecule has 128 valence electrons. The van der Waals surface area contributed by atoms with Crippen LogP contribution in [0.2, 0.25) is 0 Å². The molecule has 0 aliphatic heterocycles. The van der Waals surface area contributed by atoms with E-state index in [2.05, 4.69) is 4.98 Å². The minimum Gasteiger partial charge on any atom is -0.399 e. The maximum atomic E-state index is 11.7. The van der Waals surface area contributed by atoms with Gasteiger partial charge in [-0.3, -0.25) is 4.79 Å². The zero-order chi connectivity index (χ0) is 18.3. The van der Waals surface area contributed by atoms with Gasteiger partial charge in [-0.25, -0.2) is 9.97 Å². The Hall–Kier alpha value is -3.45. The summed E-state index contributed by atoms with van der Waals surface area (Å²) >= 11 is 1.17. The van der Waals surface area contributed by atoms with Gasteiger partial charge in [0.1, 0.15) is 9.71 Å². The van der Waals surface area contributed by atoms with Gasteiger partial charge < -0.3 is 17.2 Å². The Morgan fingerprint density at radius 2 is 1.65 bits per heavy atom. The molecular weight excluding hydrogens is 346 g/mol. The molecule has 2 aromatic heterocycles. The first-order valence-electron chi connectivity index (χ1n) is 7.85. The van der Waals surface area contributed by atoms with E-state index >= 15 is 0 Å². The number of carbonyl (C=O) groups is 1. The lowest BCUT2D eigenvalue weighted by Crippen LogP contribution is -2.10. The molecule has 0 radical (unpaired) electrons. The van der Waals surface area contributed by atoms with Gasteiger partial charge in [0.25, 0.3) is 5.91 Å². The number of amides is 1. The third kappa shape index (κ3) is 2.64. The number of hydrogen-bond acceptors (Lipinski definition) is 6. The number of nitrogen functional groups attached to an aromatic ring is 2. The van der Waals surface area contributed by atoms with Crippen LogP contribution in [0.1, 0.15) is 9.67 Å². The van der Waals surface area contributed by atoms with Crippen LogP contribution in [0.5, 0.6) is 0 Å². The average Bonchev–Trinajstić information content (AvgIpc) is 2.99. The van der Waals surface area contributed by atoms with Crippen LogP contribution >= 0.6 is 11.3 Å². The molecule has 26 heavy (non-hydrogen) atoms. The molecule has 4 aromatic rings. The summed E-state index contributed by atoms with van der Waals surface area (Å²) in [6, 6.07) is 17.0. The number of primary amides is 1. The molecule has 0 bridgehead atoms. The zero-order valence-corrected chi connectivity index (χ0v) is 14.5. The highest BCUT2D eigenvalue weighted by Gasteiger charge is 2.21. The molecular formula is C19H15N5OS. The summed E-state index contributed by atoms with van der Waals surface area (Å²) in [7, 11) is 0. The van der Waals surface area contributed by atoms with Gasteiger partial charge in [-0.15, -0.1) is 11.3 Å². The molecule has 0 spiro atoms. The Labute approximate surface area is 153 Å². The van der Waals surface area contributed by atoms with E-state index in [1.165, 1.54) is 11.3 Å². The molecule has 1 amide bonds. The maximum Gasteiger partial charge on any atom is 0.260 e. The molecule has 0 atom stereocenters. The van der Waals surface area contributed by atoms with Crippen LogP contribution < -0.4 is 17.2 Å². The molecule has 0 saturated heterocycles. The van der Waals surface area contributed by atoms with Crippen molar-refractivity contribution in [1.82, 2.24) is 9.97 Å². The van der Waals surface area contributed by atoms with Crippen molar-refractivity contribution in [3.8, 4) is 22.6 Å². The third-order valence-electron chi connectivity index (χ3n) is 4.00. The first-order valence-corrected chi connectivity index (χ1v) is 8.67. The van der Waals surface area contributed by atoms with Crippen molar-refractivity contribution in [2.24, 2.45) is 5.73 Å². The Balaban J connectivity index is 2.08. The number of hydrogen-bond donors (Lipinski definition) is 3. The molecule has 0 aliphatic rings. The van der Waals surface area contributed by atoms with Crippen LogP contribution in [0, 0.1) is 0 Å². The maximum absolute atomic E-state index is 11.7. The standard InChI is InChI=1S/C19H15N5OS/c20-12-8-4-7-11(9-12)15-13-14(21)16(17(22)25)26-19(13)24-18(23-15)10-5-2-1-3-6-10/h1-9H,20-21H2,(H2,22,25). The fourth-order valence-electron chi connectivity index (χ4n) is 2.82. The van der Waals surface area contributed by atoms with Crippen LogP contribution in [-0.4, -0.2) is 15.9 Å². The summed E-state index contributed by atoms with van der Waals surface area (Å²) < 4.78 is 0. The van der Waals surface area contributed by atoms with Crippen LogP contribution in [0.25, 0.3) is 32.9 Å². The smallest absolute Gasteiger partial charge is 0.260 e. The molecule has 2 heterocycles. The minimum absolute atomic E-state index is 0.282. The van der Waals surface area contributed by atoms with Crippen LogP contribution in [-0.2, 0) is 0 Å². The number of nitrogens with zero attached hydrogens (tertiary/aromatic N) is 2. The predicted octanol–water partition coefficient (Wildman–Crippen LogP) is 3.29. The lowest BCUT2D eigenvalue weighted by atomic mass is 10.1. The number of carbonyl (C=O) groups excluding carboxylic acids is 1. The summed E-state index contributed by atoms with van der Waals surface area (Å²) in [5, 5.41) is 0.620. The summed E-state index contributed by atoms with van der Waals surface area (Å²) in [6.07, 6.45) is 0. The fraction of sp³-hybridized carbons (Fsp3) is 0. The third-order valence-corrected chi connectivity index (χ3v) is 5.12. The van der Waals surface area contributed by atoms with Crippen molar-refractivity contribution >= 4 is 38.8 Å². The Morgan fingerprint density at radius 1 is 0.923 bits per heavy atom. The van der Waals surface area contributed by atoms with Gasteiger partial charge in [0.05, 0.1) is 16.8 Å². The second-order valence-electron chi connectivity index (χ2n) is 5.78. The normalized spacial score (nSPS) is 10.9. The highest BCUT2D eigenvalue weighted by Crippen LogP contribution is 2.39. The van der Waals surface area contributed by atoms with E-state index < -0.39 is 5.91 Å². The van der Waals surface area contributed by atoms with Crippen molar-refractivity contribution < 1.29 is 4.79 Å². The van der Waals surface area contributed by atoms with Crippen molar-refractivity contribution in [2.75, 3.05) is 11.5 Å². The molecule has 6 N–H and O–H groups in total. The highest BCUT2D eigenvalue weighted by atomic mass is 32.1. The zero-order valence-electron chi connectivity index (χ0n) is 13.6. The van der Waals surface area contributed by atoms with Crippen LogP contribution in [0.3, 0.4) is 0 Å². The second kappa shape index (κ2) is 6.12. The lowest BCUT2D eigenvalue weighted by Gasteiger charge is -2.08. The molecule has 4 rings (SSSR count). The summed E-state index contributed by atoms with van der Waals surface area (Å²) in [4.78, 5) is 22.0. The molecule has 0 saturated carbocycles. The summed E-state index contributed by atoms with van der Waals surface area (Å²) in [6.45, 7) is 0. The van der Waals surface area contributed by atoms with E-state index in [9.17, 15) is 4.79 Å². The van der Waals surface area contributed by atoms with Crippen molar-refractivity contribution in [3.05, 3.63) is 59.5 Å². The first kappa shape index (κ1) is 16.0. The van der Waals surface area contributed by atoms with Gasteiger partial charge in [-0.1, -0.05) is 42.5 Å². The molecule has 6 nitrogen and oxygen atoms in total. The molecule has 2 aromatic carbocycles. The summed E-state index contributed by atoms with van der Waals surface area (Å²) in [5.41, 5.74) is 20.8. The molecule has 0 fully saturated rings. The number of benzene rings is 2. The van der Waals surface area contributed by atoms with Crippen LogP contribution in [0.15, 0.2) is 54.6 Å². The predicted molar refractivity (Wildman–Crippen MR) is 106 cm³/mol. The van der Waals surface area contributed by atoms with Crippen molar-refractivity contribution in [1.29, 1.82) is 0 Å².